The number of nitrogens with one attached hydrogen (secondary N) is 1. The van der Waals surface area contributed by atoms with Crippen molar-refractivity contribution in [1.82, 2.24) is 10.2 Å². The second kappa shape index (κ2) is 12.4. The standard InChI is InChI=1S/C25H35N3O4S/c1-5-17-26-25(30)20(3)27(18-16-21-12-8-7-9-13-21)24(29)19-28(33(4,31)32)23-15-11-10-14-22(23)6-2/h7-15,20H,5-6,16-19H2,1-4H3,(H,26,30). The van der Waals surface area contributed by atoms with Crippen molar-refractivity contribution in [3.8, 4) is 0 Å². The molecular weight excluding hydrogens is 438 g/mol. The van der Waals surface area contributed by atoms with Gasteiger partial charge in [0.15, 0.2) is 0 Å². The van der Waals surface area contributed by atoms with Crippen LogP contribution in [0.5, 0.6) is 0 Å². The van der Waals surface area contributed by atoms with Crippen LogP contribution in [0, 0.1) is 0 Å². The largest absolute Gasteiger partial charge is 0.354 e. The van der Waals surface area contributed by atoms with Crippen molar-refractivity contribution in [3.63, 3.8) is 0 Å². The predicted molar refractivity (Wildman–Crippen MR) is 133 cm³/mol. The summed E-state index contributed by atoms with van der Waals surface area (Å²) in [6.45, 7) is 6.03. The molecule has 0 saturated heterocycles. The number of sulfonamides is 1. The molecule has 0 aliphatic heterocycles. The molecule has 1 atom stereocenters. The van der Waals surface area contributed by atoms with Gasteiger partial charge in [0.1, 0.15) is 12.6 Å². The van der Waals surface area contributed by atoms with E-state index in [0.29, 0.717) is 31.6 Å². The number of anilines is 1. The summed E-state index contributed by atoms with van der Waals surface area (Å²) in [5, 5.41) is 2.83. The molecule has 0 heterocycles. The summed E-state index contributed by atoms with van der Waals surface area (Å²) >= 11 is 0. The summed E-state index contributed by atoms with van der Waals surface area (Å²) in [5.74, 6) is -0.667. The van der Waals surface area contributed by atoms with Crippen LogP contribution in [0.3, 0.4) is 0 Å². The Morgan fingerprint density at radius 3 is 2.24 bits per heavy atom. The number of rotatable bonds is 12. The predicted octanol–water partition coefficient (Wildman–Crippen LogP) is 3.00. The third-order valence-corrected chi connectivity index (χ3v) is 6.65. The van der Waals surface area contributed by atoms with Crippen LogP contribution >= 0.6 is 0 Å². The van der Waals surface area contributed by atoms with E-state index >= 15 is 0 Å². The molecule has 0 spiro atoms. The quantitative estimate of drug-likeness (QED) is 0.513. The number of hydrogen-bond acceptors (Lipinski definition) is 4. The molecule has 8 heteroatoms. The number of carbonyl (C=O) groups is 2. The van der Waals surface area contributed by atoms with Crippen molar-refractivity contribution >= 4 is 27.5 Å². The highest BCUT2D eigenvalue weighted by Gasteiger charge is 2.30. The first kappa shape index (κ1) is 26.4. The number of hydrogen-bond donors (Lipinski definition) is 1. The van der Waals surface area contributed by atoms with Crippen LogP contribution in [-0.4, -0.2) is 57.1 Å². The van der Waals surface area contributed by atoms with Crippen molar-refractivity contribution < 1.29 is 18.0 Å². The van der Waals surface area contributed by atoms with Gasteiger partial charge in [-0.25, -0.2) is 8.42 Å². The Hall–Kier alpha value is -2.87. The van der Waals surface area contributed by atoms with Gasteiger partial charge < -0.3 is 10.2 Å². The Morgan fingerprint density at radius 1 is 1.00 bits per heavy atom. The molecule has 0 aliphatic rings. The van der Waals surface area contributed by atoms with Crippen molar-refractivity contribution in [3.05, 3.63) is 65.7 Å². The lowest BCUT2D eigenvalue weighted by atomic mass is 10.1. The van der Waals surface area contributed by atoms with Gasteiger partial charge in [-0.3, -0.25) is 13.9 Å². The first-order chi connectivity index (χ1) is 15.7. The van der Waals surface area contributed by atoms with Gasteiger partial charge in [0.2, 0.25) is 21.8 Å². The van der Waals surface area contributed by atoms with Crippen LogP contribution in [0.2, 0.25) is 0 Å². The maximum absolute atomic E-state index is 13.5. The van der Waals surface area contributed by atoms with Crippen LogP contribution in [0.1, 0.15) is 38.3 Å². The third-order valence-electron chi connectivity index (χ3n) is 5.52. The minimum atomic E-state index is -3.72. The molecule has 1 N–H and O–H groups in total. The minimum Gasteiger partial charge on any atom is -0.354 e. The third kappa shape index (κ3) is 7.60. The zero-order valence-electron chi connectivity index (χ0n) is 20.0. The molecule has 2 amide bonds. The first-order valence-corrected chi connectivity index (χ1v) is 13.2. The lowest BCUT2D eigenvalue weighted by Crippen LogP contribution is -2.52. The Morgan fingerprint density at radius 2 is 1.64 bits per heavy atom. The van der Waals surface area contributed by atoms with E-state index in [-0.39, 0.29) is 12.5 Å². The maximum Gasteiger partial charge on any atom is 0.244 e. The van der Waals surface area contributed by atoms with E-state index in [0.717, 1.165) is 28.1 Å². The van der Waals surface area contributed by atoms with Gasteiger partial charge >= 0.3 is 0 Å². The van der Waals surface area contributed by atoms with Gasteiger partial charge in [-0.15, -0.1) is 0 Å². The number of amides is 2. The number of carbonyl (C=O) groups excluding carboxylic acids is 2. The minimum absolute atomic E-state index is 0.252. The SMILES string of the molecule is CCCNC(=O)C(C)N(CCc1ccccc1)C(=O)CN(c1ccccc1CC)S(C)(=O)=O. The van der Waals surface area contributed by atoms with E-state index in [1.54, 1.807) is 19.1 Å². The molecule has 1 unspecified atom stereocenters. The fourth-order valence-electron chi connectivity index (χ4n) is 3.61. The lowest BCUT2D eigenvalue weighted by molar-refractivity contribution is -0.138. The average molecular weight is 474 g/mol. The summed E-state index contributed by atoms with van der Waals surface area (Å²) in [6.07, 6.45) is 3.07. The maximum atomic E-state index is 13.5. The first-order valence-electron chi connectivity index (χ1n) is 11.4. The Labute approximate surface area is 197 Å². The molecule has 2 aromatic carbocycles. The normalized spacial score (nSPS) is 12.1. The van der Waals surface area contributed by atoms with Crippen molar-refractivity contribution in [2.75, 3.05) is 30.2 Å². The van der Waals surface area contributed by atoms with Gasteiger partial charge in [-0.1, -0.05) is 62.4 Å². The monoisotopic (exact) mass is 473 g/mol. The van der Waals surface area contributed by atoms with Crippen LogP contribution in [0.15, 0.2) is 54.6 Å². The Kier molecular flexibility index (Phi) is 9.91. The highest BCUT2D eigenvalue weighted by molar-refractivity contribution is 7.92. The molecule has 0 saturated carbocycles. The second-order valence-corrected chi connectivity index (χ2v) is 9.95. The highest BCUT2D eigenvalue weighted by Crippen LogP contribution is 2.23. The topological polar surface area (TPSA) is 86.8 Å². The molecule has 180 valence electrons. The zero-order chi connectivity index (χ0) is 24.4. The van der Waals surface area contributed by atoms with Crippen LogP contribution in [0.4, 0.5) is 5.69 Å². The van der Waals surface area contributed by atoms with E-state index in [1.165, 1.54) is 4.90 Å². The molecular formula is C25H35N3O4S. The number of benzene rings is 2. The van der Waals surface area contributed by atoms with E-state index in [2.05, 4.69) is 5.32 Å². The summed E-state index contributed by atoms with van der Waals surface area (Å²) in [5.41, 5.74) is 2.36. The second-order valence-electron chi connectivity index (χ2n) is 8.04. The van der Waals surface area contributed by atoms with Crippen molar-refractivity contribution in [2.45, 2.75) is 46.1 Å². The Bertz CT molecular complexity index is 1020. The molecule has 33 heavy (non-hydrogen) atoms. The van der Waals surface area contributed by atoms with Gasteiger partial charge in [0.25, 0.3) is 0 Å². The summed E-state index contributed by atoms with van der Waals surface area (Å²) in [7, 11) is -3.72. The van der Waals surface area contributed by atoms with Crippen molar-refractivity contribution in [1.29, 1.82) is 0 Å². The highest BCUT2D eigenvalue weighted by atomic mass is 32.2. The molecule has 0 aromatic heterocycles. The molecule has 0 radical (unpaired) electrons. The Balaban J connectivity index is 2.32. The number of para-hydroxylation sites is 1. The molecule has 2 aromatic rings. The summed E-state index contributed by atoms with van der Waals surface area (Å²) in [4.78, 5) is 27.6. The van der Waals surface area contributed by atoms with Gasteiger partial charge in [0.05, 0.1) is 11.9 Å². The van der Waals surface area contributed by atoms with E-state index in [4.69, 9.17) is 0 Å². The van der Waals surface area contributed by atoms with Gasteiger partial charge in [-0.2, -0.15) is 0 Å². The van der Waals surface area contributed by atoms with Crippen molar-refractivity contribution in [2.24, 2.45) is 0 Å². The smallest absolute Gasteiger partial charge is 0.244 e. The van der Waals surface area contributed by atoms with Crippen LogP contribution in [0.25, 0.3) is 0 Å². The molecule has 2 rings (SSSR count). The van der Waals surface area contributed by atoms with Gasteiger partial charge in [0, 0.05) is 13.1 Å². The number of aryl methyl sites for hydroxylation is 1. The molecule has 0 fully saturated rings. The average Bonchev–Trinajstić information content (AvgIpc) is 2.80. The fourth-order valence-corrected chi connectivity index (χ4v) is 4.49. The molecule has 0 aliphatic carbocycles. The molecule has 0 bridgehead atoms. The zero-order valence-corrected chi connectivity index (χ0v) is 20.8. The van der Waals surface area contributed by atoms with E-state index in [1.807, 2.05) is 56.3 Å². The van der Waals surface area contributed by atoms with Crippen LogP contribution < -0.4 is 9.62 Å². The fraction of sp³-hybridized carbons (Fsp3) is 0.440. The summed E-state index contributed by atoms with van der Waals surface area (Å²) < 4.78 is 26.5. The summed E-state index contributed by atoms with van der Waals surface area (Å²) in [6, 6.07) is 16.1. The van der Waals surface area contributed by atoms with Gasteiger partial charge in [-0.05, 0) is 43.4 Å². The molecule has 7 nitrogen and oxygen atoms in total. The lowest BCUT2D eigenvalue weighted by Gasteiger charge is -2.32. The van der Waals surface area contributed by atoms with E-state index < -0.39 is 22.0 Å². The van der Waals surface area contributed by atoms with Crippen LogP contribution in [-0.2, 0) is 32.5 Å². The number of nitrogens with zero attached hydrogens (tertiary/aromatic N) is 2. The van der Waals surface area contributed by atoms with E-state index in [9.17, 15) is 18.0 Å².